The van der Waals surface area contributed by atoms with Gasteiger partial charge in [-0.05, 0) is 30.3 Å². The molecule has 0 aliphatic heterocycles. The van der Waals surface area contributed by atoms with Gasteiger partial charge < -0.3 is 4.74 Å². The smallest absolute Gasteiger partial charge is 0.459 e. The summed E-state index contributed by atoms with van der Waals surface area (Å²) >= 11 is 0. The molecule has 0 saturated heterocycles. The second kappa shape index (κ2) is 7.59. The van der Waals surface area contributed by atoms with Crippen molar-refractivity contribution in [2.24, 2.45) is 0 Å². The summed E-state index contributed by atoms with van der Waals surface area (Å²) in [6, 6.07) is 8.12. The molecule has 0 atom stereocenters. The van der Waals surface area contributed by atoms with E-state index >= 15 is 0 Å². The Balaban J connectivity index is 2.20. The Morgan fingerprint density at radius 1 is 0.968 bits per heavy atom. The zero-order chi connectivity index (χ0) is 23.2. The molecule has 2 aromatic carbocycles. The summed E-state index contributed by atoms with van der Waals surface area (Å²) in [5.74, 6) is -6.53. The van der Waals surface area contributed by atoms with Gasteiger partial charge in [0.25, 0.3) is 0 Å². The van der Waals surface area contributed by atoms with Gasteiger partial charge in [-0.2, -0.15) is 27.1 Å². The maximum atomic E-state index is 14.2. The minimum Gasteiger partial charge on any atom is -0.494 e. The fourth-order valence-corrected chi connectivity index (χ4v) is 3.38. The Morgan fingerprint density at radius 2 is 1.58 bits per heavy atom. The van der Waals surface area contributed by atoms with Gasteiger partial charge in [0.05, 0.1) is 23.4 Å². The van der Waals surface area contributed by atoms with Gasteiger partial charge in [0.1, 0.15) is 5.69 Å². The molecule has 0 radical (unpaired) electrons. The fraction of sp³-hybridized carbons (Fsp3) is 0.211. The minimum atomic E-state index is -5.94. The van der Waals surface area contributed by atoms with Crippen molar-refractivity contribution in [1.82, 2.24) is 9.78 Å². The standard InChI is InChI=1S/C19H14F6N2O3S/c1-30-16-8-5-12(9-14(16)20)27-17(18(21,22)19(23,24)25)10-15(26-27)11-3-6-13(7-4-11)31(2,28)29/h3-10H,1-2H3. The molecule has 0 N–H and O–H groups in total. The monoisotopic (exact) mass is 464 g/mol. The van der Waals surface area contributed by atoms with Crippen molar-refractivity contribution in [3.63, 3.8) is 0 Å². The quantitative estimate of drug-likeness (QED) is 0.512. The molecular weight excluding hydrogens is 450 g/mol. The predicted molar refractivity (Wildman–Crippen MR) is 98.6 cm³/mol. The van der Waals surface area contributed by atoms with E-state index in [9.17, 15) is 34.8 Å². The second-order valence-corrected chi connectivity index (χ2v) is 8.53. The first-order valence-electron chi connectivity index (χ1n) is 8.45. The van der Waals surface area contributed by atoms with Crippen molar-refractivity contribution in [3.8, 4) is 22.7 Å². The molecule has 1 heterocycles. The lowest BCUT2D eigenvalue weighted by Gasteiger charge is -2.20. The van der Waals surface area contributed by atoms with E-state index in [-0.39, 0.29) is 26.6 Å². The van der Waals surface area contributed by atoms with E-state index in [1.807, 2.05) is 0 Å². The van der Waals surface area contributed by atoms with E-state index in [0.29, 0.717) is 12.1 Å². The molecule has 3 rings (SSSR count). The maximum Gasteiger partial charge on any atom is 0.459 e. The van der Waals surface area contributed by atoms with Crippen LogP contribution in [0.4, 0.5) is 26.3 Å². The largest absolute Gasteiger partial charge is 0.494 e. The highest BCUT2D eigenvalue weighted by molar-refractivity contribution is 7.90. The van der Waals surface area contributed by atoms with Gasteiger partial charge in [0.2, 0.25) is 0 Å². The van der Waals surface area contributed by atoms with Crippen LogP contribution in [-0.2, 0) is 15.8 Å². The molecule has 0 aliphatic carbocycles. The minimum absolute atomic E-state index is 0.0752. The lowest BCUT2D eigenvalue weighted by atomic mass is 10.1. The molecule has 166 valence electrons. The van der Waals surface area contributed by atoms with Crippen LogP contribution in [0.25, 0.3) is 16.9 Å². The summed E-state index contributed by atoms with van der Waals surface area (Å²) in [6.07, 6.45) is -4.98. The van der Waals surface area contributed by atoms with Crippen molar-refractivity contribution in [3.05, 3.63) is 60.0 Å². The fourth-order valence-electron chi connectivity index (χ4n) is 2.75. The van der Waals surface area contributed by atoms with Crippen LogP contribution in [0.2, 0.25) is 0 Å². The number of benzene rings is 2. The molecule has 0 unspecified atom stereocenters. The number of aromatic nitrogens is 2. The van der Waals surface area contributed by atoms with Crippen LogP contribution in [0.1, 0.15) is 5.69 Å². The van der Waals surface area contributed by atoms with Crippen LogP contribution >= 0.6 is 0 Å². The van der Waals surface area contributed by atoms with Gasteiger partial charge in [-0.1, -0.05) is 12.1 Å². The molecule has 5 nitrogen and oxygen atoms in total. The number of halogens is 6. The predicted octanol–water partition coefficient (Wildman–Crippen LogP) is 4.74. The Bertz CT molecular complexity index is 1220. The van der Waals surface area contributed by atoms with Gasteiger partial charge in [-0.15, -0.1) is 0 Å². The first-order valence-corrected chi connectivity index (χ1v) is 10.3. The maximum absolute atomic E-state index is 14.2. The summed E-state index contributed by atoms with van der Waals surface area (Å²) in [7, 11) is -2.39. The average Bonchev–Trinajstić information content (AvgIpc) is 3.12. The Morgan fingerprint density at radius 3 is 2.06 bits per heavy atom. The SMILES string of the molecule is COc1ccc(-n2nc(-c3ccc(S(C)(=O)=O)cc3)cc2C(F)(F)C(F)(F)F)cc1F. The summed E-state index contributed by atoms with van der Waals surface area (Å²) in [5, 5.41) is 3.80. The summed E-state index contributed by atoms with van der Waals surface area (Å²) in [4.78, 5) is -0.0752. The number of methoxy groups -OCH3 is 1. The van der Waals surface area contributed by atoms with Crippen LogP contribution in [0.5, 0.6) is 5.75 Å². The number of sulfone groups is 1. The topological polar surface area (TPSA) is 61.2 Å². The third-order valence-corrected chi connectivity index (χ3v) is 5.47. The number of hydrogen-bond donors (Lipinski definition) is 0. The highest BCUT2D eigenvalue weighted by atomic mass is 32.2. The normalized spacial score (nSPS) is 12.8. The summed E-state index contributed by atoms with van der Waals surface area (Å²) < 4.78 is 110. The van der Waals surface area contributed by atoms with Crippen molar-refractivity contribution in [1.29, 1.82) is 0 Å². The number of alkyl halides is 5. The molecule has 12 heteroatoms. The average molecular weight is 464 g/mol. The van der Waals surface area contributed by atoms with E-state index in [2.05, 4.69) is 5.10 Å². The van der Waals surface area contributed by atoms with E-state index < -0.39 is 39.1 Å². The molecule has 0 bridgehead atoms. The van der Waals surface area contributed by atoms with Crippen molar-refractivity contribution < 1.29 is 39.5 Å². The zero-order valence-corrected chi connectivity index (χ0v) is 16.7. The molecule has 3 aromatic rings. The Hall–Kier alpha value is -3.02. The van der Waals surface area contributed by atoms with E-state index in [4.69, 9.17) is 4.74 Å². The van der Waals surface area contributed by atoms with Crippen LogP contribution in [0.15, 0.2) is 53.4 Å². The van der Waals surface area contributed by atoms with Gasteiger partial charge in [0.15, 0.2) is 21.4 Å². The highest BCUT2D eigenvalue weighted by Crippen LogP contribution is 2.45. The van der Waals surface area contributed by atoms with E-state index in [0.717, 1.165) is 37.6 Å². The molecule has 1 aromatic heterocycles. The third kappa shape index (κ3) is 4.24. The third-order valence-electron chi connectivity index (χ3n) is 4.35. The van der Waals surface area contributed by atoms with Crippen molar-refractivity contribution in [2.45, 2.75) is 17.0 Å². The lowest BCUT2D eigenvalue weighted by Crippen LogP contribution is -2.35. The Labute approximate surface area is 172 Å². The molecular formula is C19H14F6N2O3S. The Kier molecular flexibility index (Phi) is 5.55. The molecule has 0 amide bonds. The van der Waals surface area contributed by atoms with Crippen LogP contribution in [0.3, 0.4) is 0 Å². The molecule has 0 spiro atoms. The highest BCUT2D eigenvalue weighted by Gasteiger charge is 2.61. The molecule has 0 saturated carbocycles. The van der Waals surface area contributed by atoms with Gasteiger partial charge >= 0.3 is 12.1 Å². The first-order chi connectivity index (χ1) is 14.3. The van der Waals surface area contributed by atoms with Gasteiger partial charge in [0, 0.05) is 17.9 Å². The van der Waals surface area contributed by atoms with Crippen molar-refractivity contribution in [2.75, 3.05) is 13.4 Å². The van der Waals surface area contributed by atoms with E-state index in [1.165, 1.54) is 12.1 Å². The van der Waals surface area contributed by atoms with Gasteiger partial charge in [-0.3, -0.25) is 0 Å². The molecule has 31 heavy (non-hydrogen) atoms. The van der Waals surface area contributed by atoms with E-state index in [1.54, 1.807) is 0 Å². The number of nitrogens with zero attached hydrogens (tertiary/aromatic N) is 2. The number of hydrogen-bond acceptors (Lipinski definition) is 4. The van der Waals surface area contributed by atoms with Crippen molar-refractivity contribution >= 4 is 9.84 Å². The number of ether oxygens (including phenoxy) is 1. The molecule has 0 fully saturated rings. The van der Waals surface area contributed by atoms with Crippen LogP contribution in [-0.4, -0.2) is 37.7 Å². The van der Waals surface area contributed by atoms with Gasteiger partial charge in [-0.25, -0.2) is 17.5 Å². The van der Waals surface area contributed by atoms with Crippen LogP contribution in [0, 0.1) is 5.82 Å². The van der Waals surface area contributed by atoms with Crippen LogP contribution < -0.4 is 4.74 Å². The lowest BCUT2D eigenvalue weighted by molar-refractivity contribution is -0.291. The summed E-state index contributed by atoms with van der Waals surface area (Å²) in [5.41, 5.74) is -2.14. The second-order valence-electron chi connectivity index (χ2n) is 6.51. The first kappa shape index (κ1) is 22.7. The summed E-state index contributed by atoms with van der Waals surface area (Å²) in [6.45, 7) is 0. The number of rotatable bonds is 5. The zero-order valence-electron chi connectivity index (χ0n) is 15.9. The molecule has 0 aliphatic rings.